The molecule has 1 aliphatic carbocycles. The van der Waals surface area contributed by atoms with Crippen molar-refractivity contribution in [3.63, 3.8) is 0 Å². The van der Waals surface area contributed by atoms with Crippen LogP contribution >= 0.6 is 0 Å². The quantitative estimate of drug-likeness (QED) is 0.911. The van der Waals surface area contributed by atoms with Gasteiger partial charge < -0.3 is 10.1 Å². The van der Waals surface area contributed by atoms with E-state index >= 15 is 0 Å². The first-order chi connectivity index (χ1) is 9.13. The SMILES string of the molecule is COc1c(NC(=O)C2=CCCCCC2)c(C)nn1C. The van der Waals surface area contributed by atoms with Crippen molar-refractivity contribution >= 4 is 11.6 Å². The monoisotopic (exact) mass is 263 g/mol. The van der Waals surface area contributed by atoms with Gasteiger partial charge in [0.25, 0.3) is 5.91 Å². The number of allylic oxidation sites excluding steroid dienone is 1. The summed E-state index contributed by atoms with van der Waals surface area (Å²) >= 11 is 0. The van der Waals surface area contributed by atoms with Gasteiger partial charge in [-0.3, -0.25) is 4.79 Å². The molecule has 0 unspecified atom stereocenters. The Bertz CT molecular complexity index is 503. The Morgan fingerprint density at radius 2 is 2.21 bits per heavy atom. The van der Waals surface area contributed by atoms with Crippen molar-refractivity contribution < 1.29 is 9.53 Å². The summed E-state index contributed by atoms with van der Waals surface area (Å²) in [5, 5.41) is 7.19. The van der Waals surface area contributed by atoms with Crippen LogP contribution in [-0.4, -0.2) is 22.8 Å². The van der Waals surface area contributed by atoms with Gasteiger partial charge in [-0.2, -0.15) is 5.10 Å². The largest absolute Gasteiger partial charge is 0.480 e. The number of nitrogens with zero attached hydrogens (tertiary/aromatic N) is 2. The third-order valence-electron chi connectivity index (χ3n) is 3.43. The van der Waals surface area contributed by atoms with E-state index in [9.17, 15) is 4.79 Å². The topological polar surface area (TPSA) is 56.1 Å². The number of aryl methyl sites for hydroxylation is 2. The van der Waals surface area contributed by atoms with Crippen LogP contribution < -0.4 is 10.1 Å². The van der Waals surface area contributed by atoms with Crippen LogP contribution in [0.1, 0.15) is 37.8 Å². The Balaban J connectivity index is 2.16. The van der Waals surface area contributed by atoms with Crippen molar-refractivity contribution in [2.24, 2.45) is 7.05 Å². The number of rotatable bonds is 3. The normalized spacial score (nSPS) is 15.6. The molecule has 5 nitrogen and oxygen atoms in total. The second kappa shape index (κ2) is 5.91. The molecular weight excluding hydrogens is 242 g/mol. The molecule has 0 aliphatic heterocycles. The molecule has 2 rings (SSSR count). The van der Waals surface area contributed by atoms with E-state index in [0.717, 1.165) is 30.5 Å². The molecule has 19 heavy (non-hydrogen) atoms. The lowest BCUT2D eigenvalue weighted by Crippen LogP contribution is -2.15. The van der Waals surface area contributed by atoms with Crippen LogP contribution in [0.5, 0.6) is 5.88 Å². The molecule has 104 valence electrons. The third-order valence-corrected chi connectivity index (χ3v) is 3.43. The van der Waals surface area contributed by atoms with Crippen LogP contribution in [0.25, 0.3) is 0 Å². The van der Waals surface area contributed by atoms with Crippen molar-refractivity contribution in [2.75, 3.05) is 12.4 Å². The smallest absolute Gasteiger partial charge is 0.251 e. The third kappa shape index (κ3) is 2.97. The van der Waals surface area contributed by atoms with Gasteiger partial charge in [0.2, 0.25) is 5.88 Å². The fourth-order valence-electron chi connectivity index (χ4n) is 2.43. The average molecular weight is 263 g/mol. The second-order valence-corrected chi connectivity index (χ2v) is 4.88. The van der Waals surface area contributed by atoms with Crippen LogP contribution in [0.15, 0.2) is 11.6 Å². The molecule has 0 atom stereocenters. The molecule has 1 N–H and O–H groups in total. The highest BCUT2D eigenvalue weighted by molar-refractivity contribution is 6.04. The molecule has 1 amide bonds. The van der Waals surface area contributed by atoms with Crippen molar-refractivity contribution in [1.82, 2.24) is 9.78 Å². The van der Waals surface area contributed by atoms with Gasteiger partial charge in [0, 0.05) is 12.6 Å². The number of ether oxygens (including phenoxy) is 1. The molecule has 0 saturated carbocycles. The first-order valence-corrected chi connectivity index (χ1v) is 6.71. The summed E-state index contributed by atoms with van der Waals surface area (Å²) in [5.41, 5.74) is 2.31. The zero-order valence-corrected chi connectivity index (χ0v) is 11.8. The Hall–Kier alpha value is -1.78. The molecule has 0 saturated heterocycles. The Morgan fingerprint density at radius 3 is 2.95 bits per heavy atom. The highest BCUT2D eigenvalue weighted by atomic mass is 16.5. The molecule has 1 aromatic heterocycles. The summed E-state index contributed by atoms with van der Waals surface area (Å²) in [4.78, 5) is 12.3. The van der Waals surface area contributed by atoms with Gasteiger partial charge in [-0.15, -0.1) is 0 Å². The summed E-state index contributed by atoms with van der Waals surface area (Å²) in [6, 6.07) is 0. The number of hydrogen-bond donors (Lipinski definition) is 1. The van der Waals surface area contributed by atoms with Gasteiger partial charge in [-0.25, -0.2) is 4.68 Å². The number of anilines is 1. The zero-order valence-electron chi connectivity index (χ0n) is 11.8. The maximum atomic E-state index is 12.3. The van der Waals surface area contributed by atoms with E-state index in [-0.39, 0.29) is 5.91 Å². The molecule has 5 heteroatoms. The summed E-state index contributed by atoms with van der Waals surface area (Å²) in [5.74, 6) is 0.552. The molecule has 0 aromatic carbocycles. The summed E-state index contributed by atoms with van der Waals surface area (Å²) in [7, 11) is 3.38. The van der Waals surface area contributed by atoms with Gasteiger partial charge in [-0.05, 0) is 32.6 Å². The lowest BCUT2D eigenvalue weighted by atomic mass is 10.1. The van der Waals surface area contributed by atoms with Crippen molar-refractivity contribution in [2.45, 2.75) is 39.0 Å². The number of nitrogens with one attached hydrogen (secondary N) is 1. The highest BCUT2D eigenvalue weighted by Gasteiger charge is 2.18. The van der Waals surface area contributed by atoms with Gasteiger partial charge >= 0.3 is 0 Å². The van der Waals surface area contributed by atoms with Crippen LogP contribution in [-0.2, 0) is 11.8 Å². The molecule has 1 heterocycles. The van der Waals surface area contributed by atoms with Gasteiger partial charge in [-0.1, -0.05) is 12.5 Å². The fourth-order valence-corrected chi connectivity index (χ4v) is 2.43. The number of methoxy groups -OCH3 is 1. The summed E-state index contributed by atoms with van der Waals surface area (Å²) in [6.07, 6.45) is 7.36. The molecule has 0 spiro atoms. The number of aromatic nitrogens is 2. The second-order valence-electron chi connectivity index (χ2n) is 4.88. The standard InChI is InChI=1S/C14H21N3O2/c1-10-12(14(19-3)17(2)16-10)15-13(18)11-8-6-4-5-7-9-11/h8H,4-7,9H2,1-3H3,(H,15,18). The van der Waals surface area contributed by atoms with E-state index in [2.05, 4.69) is 16.5 Å². The van der Waals surface area contributed by atoms with Crippen LogP contribution in [0.2, 0.25) is 0 Å². The minimum Gasteiger partial charge on any atom is -0.480 e. The number of carbonyl (C=O) groups excluding carboxylic acids is 1. The van der Waals surface area contributed by atoms with Gasteiger partial charge in [0.1, 0.15) is 5.69 Å². The average Bonchev–Trinajstić information content (AvgIpc) is 2.61. The van der Waals surface area contributed by atoms with Crippen LogP contribution in [0, 0.1) is 6.92 Å². The van der Waals surface area contributed by atoms with E-state index in [1.54, 1.807) is 18.8 Å². The van der Waals surface area contributed by atoms with E-state index in [0.29, 0.717) is 11.6 Å². The molecule has 0 bridgehead atoms. The van der Waals surface area contributed by atoms with Gasteiger partial charge in [0.05, 0.1) is 12.8 Å². The Labute approximate surface area is 113 Å². The summed E-state index contributed by atoms with van der Waals surface area (Å²) < 4.78 is 6.91. The van der Waals surface area contributed by atoms with Crippen molar-refractivity contribution in [3.05, 3.63) is 17.3 Å². The van der Waals surface area contributed by atoms with Crippen molar-refractivity contribution in [3.8, 4) is 5.88 Å². The van der Waals surface area contributed by atoms with E-state index in [4.69, 9.17) is 4.74 Å². The maximum Gasteiger partial charge on any atom is 0.251 e. The lowest BCUT2D eigenvalue weighted by molar-refractivity contribution is -0.113. The fraction of sp³-hybridized carbons (Fsp3) is 0.571. The minimum atomic E-state index is -0.0312. The minimum absolute atomic E-state index is 0.0312. The number of carbonyl (C=O) groups is 1. The molecule has 1 aromatic rings. The summed E-state index contributed by atoms with van der Waals surface area (Å²) in [6.45, 7) is 1.86. The molecule has 1 aliphatic rings. The first kappa shape index (κ1) is 13.6. The maximum absolute atomic E-state index is 12.3. The molecular formula is C14H21N3O2. The molecule has 0 fully saturated rings. The number of amides is 1. The lowest BCUT2D eigenvalue weighted by Gasteiger charge is -2.09. The highest BCUT2D eigenvalue weighted by Crippen LogP contribution is 2.28. The molecule has 0 radical (unpaired) electrons. The predicted molar refractivity (Wildman–Crippen MR) is 74.3 cm³/mol. The van der Waals surface area contributed by atoms with Crippen molar-refractivity contribution in [1.29, 1.82) is 0 Å². The van der Waals surface area contributed by atoms with Crippen LogP contribution in [0.3, 0.4) is 0 Å². The number of hydrogen-bond acceptors (Lipinski definition) is 3. The Kier molecular flexibility index (Phi) is 4.24. The van der Waals surface area contributed by atoms with E-state index in [1.165, 1.54) is 12.8 Å². The zero-order chi connectivity index (χ0) is 13.8. The predicted octanol–water partition coefficient (Wildman–Crippen LogP) is 2.57. The van der Waals surface area contributed by atoms with Gasteiger partial charge in [0.15, 0.2) is 0 Å². The van der Waals surface area contributed by atoms with E-state index in [1.807, 2.05) is 6.92 Å². The Morgan fingerprint density at radius 1 is 1.42 bits per heavy atom. The van der Waals surface area contributed by atoms with Crippen LogP contribution in [0.4, 0.5) is 5.69 Å². The van der Waals surface area contributed by atoms with E-state index < -0.39 is 0 Å². The first-order valence-electron chi connectivity index (χ1n) is 6.71.